The van der Waals surface area contributed by atoms with Gasteiger partial charge in [-0.3, -0.25) is 18.1 Å². The highest BCUT2D eigenvalue weighted by atomic mass is 31.2. The third-order valence-electron chi connectivity index (χ3n) is 11.8. The third-order valence-corrected chi connectivity index (χ3v) is 16.2. The van der Waals surface area contributed by atoms with Crippen LogP contribution >= 0.6 is 15.7 Å². The lowest BCUT2D eigenvalue weighted by Gasteiger charge is -2.17. The Morgan fingerprint density at radius 2 is 0.831 bits per heavy atom. The summed E-state index contributed by atoms with van der Waals surface area (Å²) >= 11 is 0. The van der Waals surface area contributed by atoms with E-state index in [0.29, 0.717) is 13.2 Å². The minimum atomic E-state index is -2.67. The lowest BCUT2D eigenvalue weighted by Crippen LogP contribution is -2.05. The second kappa shape index (κ2) is 13.3. The van der Waals surface area contributed by atoms with E-state index < -0.39 is 15.7 Å². The topological polar surface area (TPSA) is 70.9 Å². The van der Waals surface area contributed by atoms with E-state index in [9.17, 15) is 0 Å². The molecule has 4 heterocycles. The molecule has 2 unspecified atom stereocenters. The van der Waals surface area contributed by atoms with Crippen molar-refractivity contribution in [3.63, 3.8) is 0 Å². The van der Waals surface area contributed by atoms with E-state index in [2.05, 4.69) is 147 Å². The summed E-state index contributed by atoms with van der Waals surface area (Å²) in [7, 11) is -5.34. The predicted molar refractivity (Wildman–Crippen MR) is 243 cm³/mol. The molecule has 0 fully saturated rings. The van der Waals surface area contributed by atoms with Crippen molar-refractivity contribution in [2.45, 2.75) is 52.7 Å². The number of hydrogen-bond acceptors (Lipinski definition) is 7. The van der Waals surface area contributed by atoms with Gasteiger partial charge in [-0.25, -0.2) is 0 Å². The molecule has 2 spiro atoms. The molecule has 0 amide bonds. The fourth-order valence-corrected chi connectivity index (χ4v) is 13.6. The highest BCUT2D eigenvalue weighted by Crippen LogP contribution is 2.79. The van der Waals surface area contributed by atoms with Gasteiger partial charge in [0.15, 0.2) is 23.0 Å². The van der Waals surface area contributed by atoms with Gasteiger partial charge in [-0.05, 0) is 89.7 Å². The maximum atomic E-state index is 7.16. The Hall–Kier alpha value is -5.84. The van der Waals surface area contributed by atoms with Gasteiger partial charge in [0.2, 0.25) is 0 Å². The van der Waals surface area contributed by atoms with Gasteiger partial charge in [0.1, 0.15) is 0 Å². The van der Waals surface area contributed by atoms with Gasteiger partial charge in [0, 0.05) is 46.2 Å². The zero-order valence-corrected chi connectivity index (χ0v) is 34.6. The summed E-state index contributed by atoms with van der Waals surface area (Å²) in [6, 6.07) is 47.0. The second-order valence-electron chi connectivity index (χ2n) is 15.7. The van der Waals surface area contributed by atoms with Crippen LogP contribution in [0.25, 0.3) is 65.3 Å². The van der Waals surface area contributed by atoms with Crippen molar-refractivity contribution < 1.29 is 22.8 Å². The molecule has 4 aliphatic rings. The lowest BCUT2D eigenvalue weighted by molar-refractivity contribution is 0.105. The van der Waals surface area contributed by atoms with Gasteiger partial charge < -0.3 is 4.74 Å². The van der Waals surface area contributed by atoms with Crippen LogP contribution in [-0.2, 0) is 18.0 Å². The predicted octanol–water partition coefficient (Wildman–Crippen LogP) is 14.8. The lowest BCUT2D eigenvalue weighted by atomic mass is 9.90. The van der Waals surface area contributed by atoms with E-state index in [1.54, 1.807) is 0 Å². The highest BCUT2D eigenvalue weighted by Gasteiger charge is 2.70. The molecule has 0 aromatic heterocycles. The zero-order valence-electron chi connectivity index (χ0n) is 32.8. The van der Waals surface area contributed by atoms with Crippen LogP contribution in [-0.4, -0.2) is 10.9 Å². The molecule has 0 bridgehead atoms. The Morgan fingerprint density at radius 1 is 0.441 bits per heavy atom. The Morgan fingerprint density at radius 3 is 1.25 bits per heavy atom. The summed E-state index contributed by atoms with van der Waals surface area (Å²) in [4.78, 5) is 0. The number of fused-ring (bicyclic) bond motifs is 14. The van der Waals surface area contributed by atoms with Crippen LogP contribution in [0.3, 0.4) is 0 Å². The van der Waals surface area contributed by atoms with Crippen molar-refractivity contribution in [1.82, 2.24) is 0 Å². The first-order chi connectivity index (χ1) is 29.1. The summed E-state index contributed by atoms with van der Waals surface area (Å²) in [5, 5.41) is 8.94. The molecule has 0 aliphatic carbocycles. The molecule has 0 saturated carbocycles. The molecular weight excluding hydrogens is 771 g/mol. The minimum absolute atomic E-state index is 0.297. The van der Waals surface area contributed by atoms with Crippen molar-refractivity contribution in [3.8, 4) is 45.3 Å². The Kier molecular flexibility index (Phi) is 7.94. The molecule has 2 atom stereocenters. The van der Waals surface area contributed by atoms with Crippen molar-refractivity contribution in [2.24, 2.45) is 9.53 Å². The molecule has 9 heteroatoms. The average molecular weight is 811 g/mol. The van der Waals surface area contributed by atoms with Gasteiger partial charge in [0.25, 0.3) is 0 Å². The first-order valence-electron chi connectivity index (χ1n) is 20.5. The Labute approximate surface area is 343 Å². The van der Waals surface area contributed by atoms with E-state index in [1.807, 2.05) is 0 Å². The van der Waals surface area contributed by atoms with Gasteiger partial charge >= 0.3 is 26.6 Å². The zero-order chi connectivity index (χ0) is 39.3. The van der Waals surface area contributed by atoms with Crippen molar-refractivity contribution >= 4 is 69.7 Å². The van der Waals surface area contributed by atoms with Gasteiger partial charge in [-0.2, -0.15) is 0 Å². The van der Waals surface area contributed by atoms with E-state index in [0.717, 1.165) is 136 Å². The van der Waals surface area contributed by atoms with Crippen LogP contribution in [0.4, 0.5) is 0 Å². The molecule has 8 aromatic carbocycles. The van der Waals surface area contributed by atoms with Gasteiger partial charge in [-0.15, -0.1) is 0 Å². The first-order valence-corrected chi connectivity index (χ1v) is 23.7. The first kappa shape index (κ1) is 35.1. The quantitative estimate of drug-likeness (QED) is 0.143. The van der Waals surface area contributed by atoms with Crippen molar-refractivity contribution in [3.05, 3.63) is 145 Å². The van der Waals surface area contributed by atoms with E-state index >= 15 is 0 Å². The van der Waals surface area contributed by atoms with Crippen molar-refractivity contribution in [2.75, 3.05) is 0 Å². The molecule has 12 rings (SSSR count). The highest BCUT2D eigenvalue weighted by molar-refractivity contribution is 7.91. The largest absolute Gasteiger partial charge is 0.538 e. The summed E-state index contributed by atoms with van der Waals surface area (Å²) in [6.07, 6.45) is 3.62. The van der Waals surface area contributed by atoms with Crippen LogP contribution in [0.1, 0.15) is 50.7 Å². The normalized spacial score (nSPS) is 19.4. The molecule has 288 valence electrons. The standard InChI is InChI=1S/C50H40N2O5P2/c1-3-13-43-51-58(43)54-41-25-23-31-15-5-9-19-37(31)45(41)47-39-21-11-7-17-33(39)27-35(49(47)56-58)29-53-30-36-28-34-18-8-12-22-40(34)48-46-38-20-10-6-16-32(38)24-26-42(46)55-59(57-50(36)48)44(52-59)14-4-2/h5-12,15-28H,3-4,13-14,29-30H2,1-2H3/q+2. The summed E-state index contributed by atoms with van der Waals surface area (Å²) in [5.41, 5.74) is 8.07. The summed E-state index contributed by atoms with van der Waals surface area (Å²) < 4.78 is 45.1. The Balaban J connectivity index is 1.01. The van der Waals surface area contributed by atoms with Crippen LogP contribution in [0.5, 0.6) is 23.0 Å². The number of rotatable bonds is 8. The van der Waals surface area contributed by atoms with Crippen LogP contribution in [0, 0.1) is 0 Å². The SMILES string of the molecule is CCCC1=N[P+]12Oc1ccc3ccccc3c1-c1c(c(COCc3cc4ccccc4c4c3O[P+]3(N=C3CCC)Oc3ccc5ccccc5c3-4)cc3ccccc13)O2. The molecular formula is C50H40N2O5P2+2. The monoisotopic (exact) mass is 810 g/mol. The maximum absolute atomic E-state index is 7.16. The van der Waals surface area contributed by atoms with Crippen LogP contribution in [0.2, 0.25) is 0 Å². The van der Waals surface area contributed by atoms with E-state index in [4.69, 9.17) is 32.4 Å². The fraction of sp³-hybridized carbons (Fsp3) is 0.160. The van der Waals surface area contributed by atoms with Crippen LogP contribution < -0.4 is 18.1 Å². The molecule has 0 radical (unpaired) electrons. The number of benzene rings is 8. The number of ether oxygens (including phenoxy) is 1. The van der Waals surface area contributed by atoms with Crippen LogP contribution in [0.15, 0.2) is 143 Å². The molecule has 0 saturated heterocycles. The fourth-order valence-electron chi connectivity index (χ4n) is 9.07. The summed E-state index contributed by atoms with van der Waals surface area (Å²) in [5.74, 6) is 3.18. The molecule has 7 nitrogen and oxygen atoms in total. The van der Waals surface area contributed by atoms with Gasteiger partial charge in [0.05, 0.1) is 13.2 Å². The number of nitrogens with zero attached hydrogens (tertiary/aromatic N) is 2. The molecule has 0 N–H and O–H groups in total. The molecule has 4 aliphatic heterocycles. The molecule has 8 aromatic rings. The summed E-state index contributed by atoms with van der Waals surface area (Å²) in [6.45, 7) is 4.94. The second-order valence-corrected chi connectivity index (χ2v) is 19.9. The minimum Gasteiger partial charge on any atom is -0.372 e. The van der Waals surface area contributed by atoms with E-state index in [1.165, 1.54) is 0 Å². The van der Waals surface area contributed by atoms with E-state index in [-0.39, 0.29) is 0 Å². The number of hydrogen-bond donors (Lipinski definition) is 0. The van der Waals surface area contributed by atoms with Gasteiger partial charge in [-0.1, -0.05) is 123 Å². The third kappa shape index (κ3) is 5.52. The molecule has 59 heavy (non-hydrogen) atoms. The average Bonchev–Trinajstić information content (AvgIpc) is 4.17. The maximum Gasteiger partial charge on any atom is 0.538 e. The Bertz CT molecular complexity index is 2950. The van der Waals surface area contributed by atoms with Crippen molar-refractivity contribution in [1.29, 1.82) is 0 Å². The smallest absolute Gasteiger partial charge is 0.372 e.